The van der Waals surface area contributed by atoms with Crippen LogP contribution in [0.2, 0.25) is 0 Å². The Bertz CT molecular complexity index is 371. The van der Waals surface area contributed by atoms with E-state index in [-0.39, 0.29) is 22.4 Å². The summed E-state index contributed by atoms with van der Waals surface area (Å²) in [4.78, 5) is 12.4. The molecule has 19 heavy (non-hydrogen) atoms. The molecule has 2 aliphatic carbocycles. The second-order valence-electron chi connectivity index (χ2n) is 8.41. The third-order valence-electron chi connectivity index (χ3n) is 6.24. The van der Waals surface area contributed by atoms with Gasteiger partial charge in [0.15, 0.2) is 0 Å². The molecule has 0 aromatic rings. The summed E-state index contributed by atoms with van der Waals surface area (Å²) in [5.74, 6) is -0.0325. The Balaban J connectivity index is 2.14. The van der Waals surface area contributed by atoms with Crippen molar-refractivity contribution in [2.75, 3.05) is 0 Å². The Morgan fingerprint density at radius 1 is 1.11 bits per heavy atom. The predicted molar refractivity (Wildman–Crippen MR) is 77.9 cm³/mol. The molecule has 2 rings (SSSR count). The van der Waals surface area contributed by atoms with Crippen molar-refractivity contribution in [1.82, 2.24) is 0 Å². The molecule has 0 atom stereocenters. The van der Waals surface area contributed by atoms with Crippen LogP contribution in [0.1, 0.15) is 80.1 Å². The molecule has 110 valence electrons. The normalized spacial score (nSPS) is 34.6. The fourth-order valence-corrected chi connectivity index (χ4v) is 3.94. The summed E-state index contributed by atoms with van der Waals surface area (Å²) in [5.41, 5.74) is 0.0321. The fraction of sp³-hybridized carbons (Fsp3) is 0.941. The van der Waals surface area contributed by atoms with Gasteiger partial charge in [0.2, 0.25) is 0 Å². The summed E-state index contributed by atoms with van der Waals surface area (Å²) in [6.45, 7) is 12.7. The molecule has 2 bridgehead atoms. The maximum atomic E-state index is 12.4. The number of fused-ring (bicyclic) bond motifs is 2. The lowest BCUT2D eigenvalue weighted by Crippen LogP contribution is -2.46. The van der Waals surface area contributed by atoms with Gasteiger partial charge in [-0.2, -0.15) is 0 Å². The van der Waals surface area contributed by atoms with Crippen molar-refractivity contribution >= 4 is 5.97 Å². The van der Waals surface area contributed by atoms with E-state index in [4.69, 9.17) is 4.74 Å². The molecular formula is C17H30O2. The zero-order valence-corrected chi connectivity index (χ0v) is 13.6. The molecule has 0 amide bonds. The van der Waals surface area contributed by atoms with E-state index < -0.39 is 0 Å². The van der Waals surface area contributed by atoms with Gasteiger partial charge in [0, 0.05) is 5.41 Å². The average Bonchev–Trinajstić information content (AvgIpc) is 2.83. The van der Waals surface area contributed by atoms with Crippen molar-refractivity contribution in [2.24, 2.45) is 16.2 Å². The number of carbonyl (C=O) groups excluding carboxylic acids is 1. The third-order valence-corrected chi connectivity index (χ3v) is 6.24. The summed E-state index contributed by atoms with van der Waals surface area (Å²) < 4.78 is 6.00. The Morgan fingerprint density at radius 3 is 2.00 bits per heavy atom. The van der Waals surface area contributed by atoms with Crippen LogP contribution in [-0.2, 0) is 9.53 Å². The molecule has 0 aliphatic heterocycles. The van der Waals surface area contributed by atoms with Crippen LogP contribution in [0.15, 0.2) is 0 Å². The van der Waals surface area contributed by atoms with Crippen LogP contribution in [-0.4, -0.2) is 11.6 Å². The zero-order chi connectivity index (χ0) is 14.5. The minimum absolute atomic E-state index is 0.0325. The second-order valence-corrected chi connectivity index (χ2v) is 8.41. The first-order valence-electron chi connectivity index (χ1n) is 7.79. The van der Waals surface area contributed by atoms with E-state index in [0.717, 1.165) is 6.42 Å². The average molecular weight is 266 g/mol. The van der Waals surface area contributed by atoms with E-state index in [9.17, 15) is 4.79 Å². The molecule has 0 heterocycles. The van der Waals surface area contributed by atoms with Gasteiger partial charge in [-0.15, -0.1) is 0 Å². The quantitative estimate of drug-likeness (QED) is 0.688. The molecule has 0 saturated heterocycles. The van der Waals surface area contributed by atoms with E-state index in [1.54, 1.807) is 0 Å². The van der Waals surface area contributed by atoms with Gasteiger partial charge in [-0.05, 0) is 71.6 Å². The van der Waals surface area contributed by atoms with Crippen molar-refractivity contribution in [3.63, 3.8) is 0 Å². The van der Waals surface area contributed by atoms with E-state index in [1.807, 2.05) is 13.8 Å². The Hall–Kier alpha value is -0.530. The summed E-state index contributed by atoms with van der Waals surface area (Å²) in [6.07, 6.45) is 7.09. The van der Waals surface area contributed by atoms with Crippen LogP contribution in [0.25, 0.3) is 0 Å². The van der Waals surface area contributed by atoms with Gasteiger partial charge >= 0.3 is 5.97 Å². The van der Waals surface area contributed by atoms with Crippen molar-refractivity contribution in [2.45, 2.75) is 85.7 Å². The van der Waals surface area contributed by atoms with Crippen molar-refractivity contribution in [1.29, 1.82) is 0 Å². The van der Waals surface area contributed by atoms with E-state index in [1.165, 1.54) is 32.1 Å². The number of hydrogen-bond acceptors (Lipinski definition) is 2. The number of rotatable bonds is 4. The van der Waals surface area contributed by atoms with E-state index in [0.29, 0.717) is 5.41 Å². The molecule has 2 aliphatic rings. The predicted octanol–water partition coefficient (Wildman–Crippen LogP) is 4.71. The standard InChI is InChI=1S/C17H30O2/c1-7-14(2,3)13(18)19-15(4,5)17-10-8-16(6,12-17)9-11-17/h7-12H2,1-6H3. The number of esters is 1. The Labute approximate surface area is 118 Å². The van der Waals surface area contributed by atoms with Crippen LogP contribution in [0, 0.1) is 16.2 Å². The SMILES string of the molecule is CCC(C)(C)C(=O)OC(C)(C)C12CCC(C)(CC1)C2. The minimum Gasteiger partial charge on any atom is -0.459 e. The second kappa shape index (κ2) is 4.23. The molecule has 2 nitrogen and oxygen atoms in total. The molecule has 0 radical (unpaired) electrons. The fourth-order valence-electron chi connectivity index (χ4n) is 3.94. The van der Waals surface area contributed by atoms with E-state index >= 15 is 0 Å². The lowest BCUT2D eigenvalue weighted by atomic mass is 9.71. The number of carbonyl (C=O) groups is 1. The highest BCUT2D eigenvalue weighted by Crippen LogP contribution is 2.66. The number of ether oxygens (including phenoxy) is 1. The largest absolute Gasteiger partial charge is 0.459 e. The van der Waals surface area contributed by atoms with Crippen LogP contribution in [0.3, 0.4) is 0 Å². The van der Waals surface area contributed by atoms with Crippen molar-refractivity contribution < 1.29 is 9.53 Å². The van der Waals surface area contributed by atoms with Crippen LogP contribution in [0.4, 0.5) is 0 Å². The zero-order valence-electron chi connectivity index (χ0n) is 13.6. The Kier molecular flexibility index (Phi) is 3.31. The number of hydrogen-bond donors (Lipinski definition) is 0. The maximum absolute atomic E-state index is 12.4. The molecule has 0 aromatic heterocycles. The van der Waals surface area contributed by atoms with Crippen LogP contribution < -0.4 is 0 Å². The third kappa shape index (κ3) is 2.32. The van der Waals surface area contributed by atoms with Gasteiger partial charge in [-0.3, -0.25) is 4.79 Å². The highest BCUT2D eigenvalue weighted by Gasteiger charge is 2.60. The van der Waals surface area contributed by atoms with Gasteiger partial charge < -0.3 is 4.74 Å². The summed E-state index contributed by atoms with van der Waals surface area (Å²) in [5, 5.41) is 0. The Morgan fingerprint density at radius 2 is 1.63 bits per heavy atom. The minimum atomic E-state index is -0.367. The maximum Gasteiger partial charge on any atom is 0.312 e. The monoisotopic (exact) mass is 266 g/mol. The highest BCUT2D eigenvalue weighted by atomic mass is 16.6. The highest BCUT2D eigenvalue weighted by molar-refractivity contribution is 5.76. The van der Waals surface area contributed by atoms with Gasteiger partial charge in [-0.25, -0.2) is 0 Å². The van der Waals surface area contributed by atoms with Gasteiger partial charge in [0.05, 0.1) is 5.41 Å². The van der Waals surface area contributed by atoms with Crippen molar-refractivity contribution in [3.8, 4) is 0 Å². The van der Waals surface area contributed by atoms with Crippen LogP contribution in [0.5, 0.6) is 0 Å². The first-order chi connectivity index (χ1) is 8.56. The molecular weight excluding hydrogens is 236 g/mol. The van der Waals surface area contributed by atoms with Gasteiger partial charge in [-0.1, -0.05) is 13.8 Å². The smallest absolute Gasteiger partial charge is 0.312 e. The van der Waals surface area contributed by atoms with Crippen LogP contribution >= 0.6 is 0 Å². The lowest BCUT2D eigenvalue weighted by Gasteiger charge is -2.43. The van der Waals surface area contributed by atoms with Gasteiger partial charge in [0.1, 0.15) is 5.60 Å². The molecule has 0 aromatic carbocycles. The summed E-state index contributed by atoms with van der Waals surface area (Å²) in [6, 6.07) is 0. The first-order valence-corrected chi connectivity index (χ1v) is 7.79. The molecule has 2 saturated carbocycles. The van der Waals surface area contributed by atoms with Crippen molar-refractivity contribution in [3.05, 3.63) is 0 Å². The summed E-state index contributed by atoms with van der Waals surface area (Å²) in [7, 11) is 0. The summed E-state index contributed by atoms with van der Waals surface area (Å²) >= 11 is 0. The first kappa shape index (κ1) is 14.9. The topological polar surface area (TPSA) is 26.3 Å². The lowest BCUT2D eigenvalue weighted by molar-refractivity contribution is -0.181. The van der Waals surface area contributed by atoms with Gasteiger partial charge in [0.25, 0.3) is 0 Å². The van der Waals surface area contributed by atoms with E-state index in [2.05, 4.69) is 27.7 Å². The molecule has 0 unspecified atom stereocenters. The molecule has 2 heteroatoms. The molecule has 2 fully saturated rings. The molecule has 0 N–H and O–H groups in total. The molecule has 0 spiro atoms.